The normalized spacial score (nSPS) is 10.8. The number of rotatable bonds is 5. The molecule has 3 aromatic carbocycles. The molecule has 2 nitrogen and oxygen atoms in total. The molecule has 0 fully saturated rings. The SMILES string of the molecule is Brc1ccc(NCc2ccccc2)c(Cc2cnc3ccccc3c2)c1. The monoisotopic (exact) mass is 402 g/mol. The van der Waals surface area contributed by atoms with Gasteiger partial charge < -0.3 is 5.32 Å². The summed E-state index contributed by atoms with van der Waals surface area (Å²) in [5, 5.41) is 4.75. The van der Waals surface area contributed by atoms with Gasteiger partial charge in [-0.25, -0.2) is 0 Å². The lowest BCUT2D eigenvalue weighted by atomic mass is 10.0. The van der Waals surface area contributed by atoms with Crippen LogP contribution in [-0.2, 0) is 13.0 Å². The Hall–Kier alpha value is -2.65. The van der Waals surface area contributed by atoms with Gasteiger partial charge >= 0.3 is 0 Å². The number of pyridine rings is 1. The number of fused-ring (bicyclic) bond motifs is 1. The summed E-state index contributed by atoms with van der Waals surface area (Å²) in [6, 6.07) is 27.3. The minimum atomic E-state index is 0.811. The van der Waals surface area contributed by atoms with Crippen molar-refractivity contribution in [3.63, 3.8) is 0 Å². The highest BCUT2D eigenvalue weighted by Gasteiger charge is 2.06. The number of nitrogens with zero attached hydrogens (tertiary/aromatic N) is 1. The minimum Gasteiger partial charge on any atom is -0.381 e. The van der Waals surface area contributed by atoms with Gasteiger partial charge in [-0.3, -0.25) is 4.98 Å². The summed E-state index contributed by atoms with van der Waals surface area (Å²) in [5.41, 5.74) is 5.93. The van der Waals surface area contributed by atoms with Crippen molar-refractivity contribution in [1.82, 2.24) is 4.98 Å². The molecule has 4 rings (SSSR count). The topological polar surface area (TPSA) is 24.9 Å². The summed E-state index contributed by atoms with van der Waals surface area (Å²) in [7, 11) is 0. The van der Waals surface area contributed by atoms with Crippen LogP contribution in [0.4, 0.5) is 5.69 Å². The van der Waals surface area contributed by atoms with Crippen molar-refractivity contribution in [3.8, 4) is 0 Å². The van der Waals surface area contributed by atoms with E-state index in [1.807, 2.05) is 24.4 Å². The van der Waals surface area contributed by atoms with E-state index in [-0.39, 0.29) is 0 Å². The van der Waals surface area contributed by atoms with Crippen LogP contribution in [0.25, 0.3) is 10.9 Å². The van der Waals surface area contributed by atoms with Gasteiger partial charge in [0.15, 0.2) is 0 Å². The number of benzene rings is 3. The fraction of sp³-hybridized carbons (Fsp3) is 0.0870. The fourth-order valence-corrected chi connectivity index (χ4v) is 3.52. The van der Waals surface area contributed by atoms with E-state index in [4.69, 9.17) is 0 Å². The second-order valence-electron chi connectivity index (χ2n) is 6.35. The highest BCUT2D eigenvalue weighted by atomic mass is 79.9. The maximum Gasteiger partial charge on any atom is 0.0702 e. The van der Waals surface area contributed by atoms with Crippen molar-refractivity contribution in [3.05, 3.63) is 106 Å². The number of nitrogens with one attached hydrogen (secondary N) is 1. The van der Waals surface area contributed by atoms with Crippen LogP contribution in [0.1, 0.15) is 16.7 Å². The van der Waals surface area contributed by atoms with Crippen molar-refractivity contribution < 1.29 is 0 Å². The number of hydrogen-bond donors (Lipinski definition) is 1. The molecule has 0 saturated heterocycles. The van der Waals surface area contributed by atoms with Crippen molar-refractivity contribution >= 4 is 32.5 Å². The van der Waals surface area contributed by atoms with E-state index in [9.17, 15) is 0 Å². The van der Waals surface area contributed by atoms with E-state index in [0.29, 0.717) is 0 Å². The van der Waals surface area contributed by atoms with Crippen LogP contribution >= 0.6 is 15.9 Å². The molecule has 1 N–H and O–H groups in total. The maximum atomic E-state index is 4.59. The molecule has 4 aromatic rings. The third kappa shape index (κ3) is 3.94. The first kappa shape index (κ1) is 16.8. The molecule has 26 heavy (non-hydrogen) atoms. The van der Waals surface area contributed by atoms with Crippen LogP contribution in [0, 0.1) is 0 Å². The number of para-hydroxylation sites is 1. The second kappa shape index (κ2) is 7.71. The summed E-state index contributed by atoms with van der Waals surface area (Å²) >= 11 is 3.60. The van der Waals surface area contributed by atoms with E-state index >= 15 is 0 Å². The predicted molar refractivity (Wildman–Crippen MR) is 112 cm³/mol. The summed E-state index contributed by atoms with van der Waals surface area (Å²) in [6.45, 7) is 0.811. The standard InChI is InChI=1S/C23H19BrN2/c24-21-10-11-23(25-15-17-6-2-1-3-7-17)20(14-21)13-18-12-19-8-4-5-9-22(19)26-16-18/h1-12,14,16,25H,13,15H2. The molecule has 0 aliphatic rings. The van der Waals surface area contributed by atoms with Crippen molar-refractivity contribution in [2.45, 2.75) is 13.0 Å². The zero-order chi connectivity index (χ0) is 17.8. The van der Waals surface area contributed by atoms with Crippen LogP contribution in [0.3, 0.4) is 0 Å². The molecule has 0 unspecified atom stereocenters. The first-order valence-electron chi connectivity index (χ1n) is 8.68. The summed E-state index contributed by atoms with van der Waals surface area (Å²) in [4.78, 5) is 4.59. The molecule has 3 heteroatoms. The lowest BCUT2D eigenvalue weighted by Gasteiger charge is -2.13. The third-order valence-corrected chi connectivity index (χ3v) is 4.93. The molecule has 0 aliphatic heterocycles. The van der Waals surface area contributed by atoms with Gasteiger partial charge in [0.05, 0.1) is 5.52 Å². The van der Waals surface area contributed by atoms with E-state index in [0.717, 1.165) is 28.6 Å². The number of aromatic nitrogens is 1. The lowest BCUT2D eigenvalue weighted by molar-refractivity contribution is 1.11. The highest BCUT2D eigenvalue weighted by Crippen LogP contribution is 2.25. The Kier molecular flexibility index (Phi) is 4.98. The molecular weight excluding hydrogens is 384 g/mol. The Morgan fingerprint density at radius 2 is 1.62 bits per heavy atom. The van der Waals surface area contributed by atoms with Gasteiger partial charge in [0.1, 0.15) is 0 Å². The molecule has 128 valence electrons. The van der Waals surface area contributed by atoms with E-state index in [1.165, 1.54) is 22.1 Å². The molecule has 0 aliphatic carbocycles. The smallest absolute Gasteiger partial charge is 0.0702 e. The molecule has 1 aromatic heterocycles. The Labute approximate surface area is 162 Å². The molecule has 0 saturated carbocycles. The number of hydrogen-bond acceptors (Lipinski definition) is 2. The van der Waals surface area contributed by atoms with Gasteiger partial charge in [0.2, 0.25) is 0 Å². The Morgan fingerprint density at radius 1 is 0.808 bits per heavy atom. The zero-order valence-electron chi connectivity index (χ0n) is 14.3. The van der Waals surface area contributed by atoms with Gasteiger partial charge in [-0.1, -0.05) is 64.5 Å². The molecule has 1 heterocycles. The maximum absolute atomic E-state index is 4.59. The zero-order valence-corrected chi connectivity index (χ0v) is 15.9. The Morgan fingerprint density at radius 3 is 2.50 bits per heavy atom. The van der Waals surface area contributed by atoms with Gasteiger partial charge in [0.25, 0.3) is 0 Å². The van der Waals surface area contributed by atoms with E-state index in [1.54, 1.807) is 0 Å². The molecule has 0 atom stereocenters. The lowest BCUT2D eigenvalue weighted by Crippen LogP contribution is -2.03. The van der Waals surface area contributed by atoms with Gasteiger partial charge in [-0.05, 0) is 47.0 Å². The third-order valence-electron chi connectivity index (χ3n) is 4.43. The first-order chi connectivity index (χ1) is 12.8. The predicted octanol–water partition coefficient (Wildman–Crippen LogP) is 6.20. The largest absolute Gasteiger partial charge is 0.381 e. The van der Waals surface area contributed by atoms with Crippen LogP contribution < -0.4 is 5.32 Å². The van der Waals surface area contributed by atoms with E-state index < -0.39 is 0 Å². The van der Waals surface area contributed by atoms with Gasteiger partial charge in [-0.15, -0.1) is 0 Å². The number of anilines is 1. The van der Waals surface area contributed by atoms with Crippen molar-refractivity contribution in [1.29, 1.82) is 0 Å². The second-order valence-corrected chi connectivity index (χ2v) is 7.27. The van der Waals surface area contributed by atoms with E-state index in [2.05, 4.69) is 86.9 Å². The molecule has 0 amide bonds. The van der Waals surface area contributed by atoms with Crippen LogP contribution in [-0.4, -0.2) is 4.98 Å². The average Bonchev–Trinajstić information content (AvgIpc) is 2.68. The van der Waals surface area contributed by atoms with Gasteiger partial charge in [0, 0.05) is 34.7 Å². The summed E-state index contributed by atoms with van der Waals surface area (Å²) < 4.78 is 1.09. The summed E-state index contributed by atoms with van der Waals surface area (Å²) in [6.07, 6.45) is 2.82. The van der Waals surface area contributed by atoms with Crippen molar-refractivity contribution in [2.24, 2.45) is 0 Å². The quantitative estimate of drug-likeness (QED) is 0.429. The summed E-state index contributed by atoms with van der Waals surface area (Å²) in [5.74, 6) is 0. The average molecular weight is 403 g/mol. The molecule has 0 bridgehead atoms. The van der Waals surface area contributed by atoms with Crippen LogP contribution in [0.15, 0.2) is 89.5 Å². The molecule has 0 spiro atoms. The highest BCUT2D eigenvalue weighted by molar-refractivity contribution is 9.10. The fourth-order valence-electron chi connectivity index (χ4n) is 3.11. The molecular formula is C23H19BrN2. The van der Waals surface area contributed by atoms with Crippen LogP contribution in [0.5, 0.6) is 0 Å². The Balaban J connectivity index is 1.59. The van der Waals surface area contributed by atoms with Crippen molar-refractivity contribution in [2.75, 3.05) is 5.32 Å². The minimum absolute atomic E-state index is 0.811. The van der Waals surface area contributed by atoms with Crippen LogP contribution in [0.2, 0.25) is 0 Å². The van der Waals surface area contributed by atoms with Gasteiger partial charge in [-0.2, -0.15) is 0 Å². The Bertz CT molecular complexity index is 1030. The number of halogens is 1. The molecule has 0 radical (unpaired) electrons. The first-order valence-corrected chi connectivity index (χ1v) is 9.47.